The molecule has 3 atom stereocenters. The molecule has 1 aliphatic carbocycles. The van der Waals surface area contributed by atoms with Crippen molar-refractivity contribution in [2.45, 2.75) is 30.8 Å². The van der Waals surface area contributed by atoms with E-state index < -0.39 is 0 Å². The van der Waals surface area contributed by atoms with E-state index in [1.807, 2.05) is 66.7 Å². The summed E-state index contributed by atoms with van der Waals surface area (Å²) >= 11 is 0. The number of aromatic amines is 1. The number of fused-ring (bicyclic) bond motifs is 1. The molecule has 2 amide bonds. The summed E-state index contributed by atoms with van der Waals surface area (Å²) in [5.74, 6) is 1.93. The molecule has 3 aromatic carbocycles. The number of carbonyl (C=O) groups is 1. The molecule has 32 heavy (non-hydrogen) atoms. The number of H-pyrrole nitrogens is 1. The average Bonchev–Trinajstić information content (AvgIpc) is 3.45. The van der Waals surface area contributed by atoms with Crippen LogP contribution in [0.15, 0.2) is 78.9 Å². The quantitative estimate of drug-likeness (QED) is 0.400. The van der Waals surface area contributed by atoms with Crippen LogP contribution < -0.4 is 15.4 Å². The van der Waals surface area contributed by atoms with Crippen molar-refractivity contribution in [3.05, 3.63) is 95.8 Å². The maximum Gasteiger partial charge on any atom is 0.315 e. The summed E-state index contributed by atoms with van der Waals surface area (Å²) in [5.41, 5.74) is 4.20. The van der Waals surface area contributed by atoms with Gasteiger partial charge in [0, 0.05) is 12.0 Å². The van der Waals surface area contributed by atoms with Crippen LogP contribution in [-0.4, -0.2) is 29.2 Å². The highest BCUT2D eigenvalue weighted by molar-refractivity contribution is 5.77. The molecular formula is C26H26N4O2. The number of amides is 2. The number of benzene rings is 3. The van der Waals surface area contributed by atoms with Crippen LogP contribution >= 0.6 is 0 Å². The lowest BCUT2D eigenvalue weighted by molar-refractivity contribution is 0.236. The van der Waals surface area contributed by atoms with Crippen molar-refractivity contribution in [1.29, 1.82) is 0 Å². The Morgan fingerprint density at radius 3 is 2.56 bits per heavy atom. The minimum atomic E-state index is -0.287. The Hall–Kier alpha value is -3.80. The Kier molecular flexibility index (Phi) is 5.50. The van der Waals surface area contributed by atoms with Gasteiger partial charge in [-0.1, -0.05) is 54.6 Å². The minimum absolute atomic E-state index is 0.162. The molecule has 6 nitrogen and oxygen atoms in total. The number of urea groups is 1. The number of nitrogens with zero attached hydrogens (tertiary/aromatic N) is 1. The van der Waals surface area contributed by atoms with Crippen molar-refractivity contribution in [3.8, 4) is 5.75 Å². The Morgan fingerprint density at radius 1 is 1.06 bits per heavy atom. The first-order chi connectivity index (χ1) is 15.7. The normalized spacial score (nSPS) is 18.2. The van der Waals surface area contributed by atoms with E-state index in [2.05, 4.69) is 27.8 Å². The van der Waals surface area contributed by atoms with Gasteiger partial charge in [0.1, 0.15) is 11.6 Å². The van der Waals surface area contributed by atoms with Crippen molar-refractivity contribution in [1.82, 2.24) is 20.6 Å². The maximum absolute atomic E-state index is 12.9. The second kappa shape index (κ2) is 8.75. The van der Waals surface area contributed by atoms with Crippen LogP contribution in [0, 0.1) is 0 Å². The van der Waals surface area contributed by atoms with Gasteiger partial charge in [-0.2, -0.15) is 0 Å². The first-order valence-corrected chi connectivity index (χ1v) is 10.9. The van der Waals surface area contributed by atoms with Crippen molar-refractivity contribution in [2.24, 2.45) is 0 Å². The third-order valence-electron chi connectivity index (χ3n) is 5.98. The predicted molar refractivity (Wildman–Crippen MR) is 125 cm³/mol. The summed E-state index contributed by atoms with van der Waals surface area (Å²) < 4.78 is 5.26. The van der Waals surface area contributed by atoms with Gasteiger partial charge in [0.25, 0.3) is 0 Å². The SMILES string of the molecule is COc1ccc(C[C@@H](NC(=O)N[C@H]2C[C@@H]2c2ccccc2)c2nc3ccccc3[nH]2)cc1. The molecular weight excluding hydrogens is 400 g/mol. The molecule has 0 radical (unpaired) electrons. The van der Waals surface area contributed by atoms with Crippen molar-refractivity contribution in [2.75, 3.05) is 7.11 Å². The molecule has 1 aliphatic rings. The molecule has 4 aromatic rings. The molecule has 0 aliphatic heterocycles. The molecule has 0 saturated heterocycles. The van der Waals surface area contributed by atoms with Crippen molar-refractivity contribution < 1.29 is 9.53 Å². The van der Waals surface area contributed by atoms with Crippen LogP contribution in [0.1, 0.15) is 35.3 Å². The molecule has 0 unspecified atom stereocenters. The molecule has 1 heterocycles. The smallest absolute Gasteiger partial charge is 0.315 e. The molecule has 1 saturated carbocycles. The van der Waals surface area contributed by atoms with E-state index in [1.165, 1.54) is 5.56 Å². The van der Waals surface area contributed by atoms with Crippen LogP contribution in [0.5, 0.6) is 5.75 Å². The third-order valence-corrected chi connectivity index (χ3v) is 5.98. The van der Waals surface area contributed by atoms with Crippen LogP contribution in [0.4, 0.5) is 4.79 Å². The summed E-state index contributed by atoms with van der Waals surface area (Å²) in [6.07, 6.45) is 1.58. The van der Waals surface area contributed by atoms with E-state index in [4.69, 9.17) is 9.72 Å². The van der Waals surface area contributed by atoms with Gasteiger partial charge >= 0.3 is 6.03 Å². The Bertz CT molecular complexity index is 1170. The number of nitrogens with one attached hydrogen (secondary N) is 3. The van der Waals surface area contributed by atoms with E-state index in [-0.39, 0.29) is 18.1 Å². The molecule has 0 bridgehead atoms. The number of methoxy groups -OCH3 is 1. The van der Waals surface area contributed by atoms with Gasteiger partial charge in [-0.25, -0.2) is 9.78 Å². The summed E-state index contributed by atoms with van der Waals surface area (Å²) in [6, 6.07) is 25.8. The van der Waals surface area contributed by atoms with E-state index in [1.54, 1.807) is 7.11 Å². The predicted octanol–water partition coefficient (Wildman–Crippen LogP) is 4.71. The number of hydrogen-bond donors (Lipinski definition) is 3. The Balaban J connectivity index is 1.31. The van der Waals surface area contributed by atoms with Gasteiger partial charge in [-0.15, -0.1) is 0 Å². The van der Waals surface area contributed by atoms with Gasteiger partial charge in [-0.05, 0) is 48.2 Å². The van der Waals surface area contributed by atoms with Gasteiger partial charge in [0.2, 0.25) is 0 Å². The average molecular weight is 427 g/mol. The molecule has 0 spiro atoms. The molecule has 162 valence electrons. The standard InChI is InChI=1S/C26H26N4O2/c1-32-19-13-11-17(12-14-19)15-24(25-27-21-9-5-6-10-22(21)28-25)30-26(31)29-23-16-20(23)18-7-3-2-4-8-18/h2-14,20,23-24H,15-16H2,1H3,(H,27,28)(H2,29,30,31)/t20-,23+,24-/m1/s1. The third kappa shape index (κ3) is 4.44. The minimum Gasteiger partial charge on any atom is -0.497 e. The highest BCUT2D eigenvalue weighted by Gasteiger charge is 2.39. The summed E-state index contributed by atoms with van der Waals surface area (Å²) in [7, 11) is 1.65. The fourth-order valence-corrected chi connectivity index (χ4v) is 4.14. The second-order valence-corrected chi connectivity index (χ2v) is 8.22. The zero-order chi connectivity index (χ0) is 21.9. The van der Waals surface area contributed by atoms with Crippen LogP contribution in [0.2, 0.25) is 0 Å². The van der Waals surface area contributed by atoms with Gasteiger partial charge < -0.3 is 20.4 Å². The van der Waals surface area contributed by atoms with E-state index >= 15 is 0 Å². The first kappa shape index (κ1) is 20.1. The zero-order valence-corrected chi connectivity index (χ0v) is 17.9. The largest absolute Gasteiger partial charge is 0.497 e. The lowest BCUT2D eigenvalue weighted by atomic mass is 10.1. The number of aromatic nitrogens is 2. The number of para-hydroxylation sites is 2. The highest BCUT2D eigenvalue weighted by Crippen LogP contribution is 2.40. The Labute approximate surface area is 187 Å². The number of ether oxygens (including phenoxy) is 1. The molecule has 1 aromatic heterocycles. The Morgan fingerprint density at radius 2 is 1.81 bits per heavy atom. The van der Waals surface area contributed by atoms with Crippen LogP contribution in [-0.2, 0) is 6.42 Å². The number of imidazole rings is 1. The molecule has 3 N–H and O–H groups in total. The lowest BCUT2D eigenvalue weighted by Crippen LogP contribution is -2.40. The summed E-state index contributed by atoms with van der Waals surface area (Å²) in [5, 5.41) is 6.27. The molecule has 1 fully saturated rings. The topological polar surface area (TPSA) is 79.0 Å². The van der Waals surface area contributed by atoms with Crippen molar-refractivity contribution in [3.63, 3.8) is 0 Å². The van der Waals surface area contributed by atoms with E-state index in [0.29, 0.717) is 12.3 Å². The first-order valence-electron chi connectivity index (χ1n) is 10.9. The maximum atomic E-state index is 12.9. The summed E-state index contributed by atoms with van der Waals surface area (Å²) in [4.78, 5) is 21.0. The van der Waals surface area contributed by atoms with Gasteiger partial charge in [0.05, 0.1) is 24.2 Å². The van der Waals surface area contributed by atoms with Gasteiger partial charge in [0.15, 0.2) is 0 Å². The van der Waals surface area contributed by atoms with Gasteiger partial charge in [-0.3, -0.25) is 0 Å². The molecule has 6 heteroatoms. The lowest BCUT2D eigenvalue weighted by Gasteiger charge is -2.18. The number of rotatable bonds is 7. The summed E-state index contributed by atoms with van der Waals surface area (Å²) in [6.45, 7) is 0. The second-order valence-electron chi connectivity index (χ2n) is 8.22. The highest BCUT2D eigenvalue weighted by atomic mass is 16.5. The van der Waals surface area contributed by atoms with Crippen LogP contribution in [0.3, 0.4) is 0 Å². The fourth-order valence-electron chi connectivity index (χ4n) is 4.14. The van der Waals surface area contributed by atoms with Crippen LogP contribution in [0.25, 0.3) is 11.0 Å². The monoisotopic (exact) mass is 426 g/mol. The number of hydrogen-bond acceptors (Lipinski definition) is 3. The van der Waals surface area contributed by atoms with E-state index in [9.17, 15) is 4.79 Å². The molecule has 5 rings (SSSR count). The fraction of sp³-hybridized carbons (Fsp3) is 0.231. The zero-order valence-electron chi connectivity index (χ0n) is 17.9. The van der Waals surface area contributed by atoms with Crippen molar-refractivity contribution >= 4 is 17.1 Å². The number of carbonyl (C=O) groups excluding carboxylic acids is 1. The van der Waals surface area contributed by atoms with E-state index in [0.717, 1.165) is 34.6 Å².